The fourth-order valence-electron chi connectivity index (χ4n) is 3.32. The zero-order valence-electron chi connectivity index (χ0n) is 14.3. The highest BCUT2D eigenvalue weighted by Gasteiger charge is 2.32. The Labute approximate surface area is 152 Å². The van der Waals surface area contributed by atoms with E-state index in [1.165, 1.54) is 0 Å². The van der Waals surface area contributed by atoms with Crippen molar-refractivity contribution in [2.24, 2.45) is 5.41 Å². The second-order valence-corrected chi connectivity index (χ2v) is 6.97. The van der Waals surface area contributed by atoms with E-state index in [0.717, 1.165) is 31.5 Å². The molecule has 2 heterocycles. The standard InChI is InChI=1S/C18H23ClN4O2/c1-25-12-18(5-7-20-8-6-18)11-21-17(24)15-10-22-23-16(15)13-3-2-4-14(19)9-13/h2-4,9-10,20H,5-8,11-12H2,1H3,(H,21,24)(H,22,23). The van der Waals surface area contributed by atoms with Crippen molar-refractivity contribution in [3.05, 3.63) is 41.0 Å². The first-order valence-corrected chi connectivity index (χ1v) is 8.78. The minimum atomic E-state index is -0.141. The third-order valence-corrected chi connectivity index (χ3v) is 4.97. The van der Waals surface area contributed by atoms with Gasteiger partial charge in [0.1, 0.15) is 0 Å². The monoisotopic (exact) mass is 362 g/mol. The summed E-state index contributed by atoms with van der Waals surface area (Å²) in [6, 6.07) is 7.36. The molecule has 1 fully saturated rings. The molecule has 1 saturated heterocycles. The minimum absolute atomic E-state index is 0.0182. The lowest BCUT2D eigenvalue weighted by Gasteiger charge is -2.37. The summed E-state index contributed by atoms with van der Waals surface area (Å²) in [5.74, 6) is -0.141. The molecule has 0 unspecified atom stereocenters. The second kappa shape index (κ2) is 7.99. The maximum atomic E-state index is 12.7. The zero-order valence-corrected chi connectivity index (χ0v) is 15.0. The SMILES string of the molecule is COCC1(CNC(=O)c2cn[nH]c2-c2cccc(Cl)c2)CCNCC1. The molecular formula is C18H23ClN4O2. The Hall–Kier alpha value is -1.89. The van der Waals surface area contributed by atoms with Gasteiger partial charge in [0.15, 0.2) is 0 Å². The molecular weight excluding hydrogens is 340 g/mol. The predicted octanol–water partition coefficient (Wildman–Crippen LogP) is 2.48. The molecule has 6 nitrogen and oxygen atoms in total. The topological polar surface area (TPSA) is 79.0 Å². The van der Waals surface area contributed by atoms with Gasteiger partial charge in [-0.05, 0) is 38.1 Å². The molecule has 7 heteroatoms. The van der Waals surface area contributed by atoms with Gasteiger partial charge in [-0.25, -0.2) is 0 Å². The summed E-state index contributed by atoms with van der Waals surface area (Å²) in [5, 5.41) is 14.0. The summed E-state index contributed by atoms with van der Waals surface area (Å²) in [6.45, 7) is 3.11. The van der Waals surface area contributed by atoms with Gasteiger partial charge in [0.25, 0.3) is 5.91 Å². The van der Waals surface area contributed by atoms with Crippen molar-refractivity contribution in [1.29, 1.82) is 0 Å². The van der Waals surface area contributed by atoms with Crippen LogP contribution in [0.4, 0.5) is 0 Å². The summed E-state index contributed by atoms with van der Waals surface area (Å²) in [4.78, 5) is 12.7. The number of hydrogen-bond donors (Lipinski definition) is 3. The van der Waals surface area contributed by atoms with Crippen LogP contribution in [0.15, 0.2) is 30.5 Å². The molecule has 3 rings (SSSR count). The number of methoxy groups -OCH3 is 1. The molecule has 134 valence electrons. The average molecular weight is 363 g/mol. The van der Waals surface area contributed by atoms with Gasteiger partial charge in [0, 0.05) is 29.7 Å². The number of nitrogens with one attached hydrogen (secondary N) is 3. The fraction of sp³-hybridized carbons (Fsp3) is 0.444. The summed E-state index contributed by atoms with van der Waals surface area (Å²) in [6.07, 6.45) is 3.51. The van der Waals surface area contributed by atoms with E-state index in [1.807, 2.05) is 18.2 Å². The first kappa shape index (κ1) is 17.9. The second-order valence-electron chi connectivity index (χ2n) is 6.53. The van der Waals surface area contributed by atoms with Gasteiger partial charge in [0.05, 0.1) is 24.1 Å². The van der Waals surface area contributed by atoms with Crippen molar-refractivity contribution in [3.63, 3.8) is 0 Å². The largest absolute Gasteiger partial charge is 0.384 e. The molecule has 0 spiro atoms. The van der Waals surface area contributed by atoms with Crippen LogP contribution in [0.1, 0.15) is 23.2 Å². The molecule has 1 aromatic carbocycles. The molecule has 1 aliphatic rings. The first-order valence-electron chi connectivity index (χ1n) is 8.41. The highest BCUT2D eigenvalue weighted by Crippen LogP contribution is 2.29. The number of piperidine rings is 1. The highest BCUT2D eigenvalue weighted by molar-refractivity contribution is 6.30. The number of aromatic amines is 1. The lowest BCUT2D eigenvalue weighted by atomic mass is 9.79. The molecule has 0 radical (unpaired) electrons. The molecule has 0 bridgehead atoms. The van der Waals surface area contributed by atoms with Gasteiger partial charge in [-0.3, -0.25) is 9.89 Å². The van der Waals surface area contributed by atoms with Crippen LogP contribution in [0.2, 0.25) is 5.02 Å². The lowest BCUT2D eigenvalue weighted by Crippen LogP contribution is -2.47. The Balaban J connectivity index is 1.73. The van der Waals surface area contributed by atoms with Crippen molar-refractivity contribution in [2.75, 3.05) is 33.4 Å². The maximum Gasteiger partial charge on any atom is 0.255 e. The number of halogens is 1. The summed E-state index contributed by atoms with van der Waals surface area (Å²) in [7, 11) is 1.71. The van der Waals surface area contributed by atoms with E-state index in [1.54, 1.807) is 19.4 Å². The average Bonchev–Trinajstić information content (AvgIpc) is 3.11. The van der Waals surface area contributed by atoms with E-state index in [0.29, 0.717) is 29.4 Å². The van der Waals surface area contributed by atoms with Crippen LogP contribution in [0.3, 0.4) is 0 Å². The Morgan fingerprint density at radius 2 is 2.20 bits per heavy atom. The molecule has 3 N–H and O–H groups in total. The van der Waals surface area contributed by atoms with Gasteiger partial charge in [-0.15, -0.1) is 0 Å². The number of carbonyl (C=O) groups excluding carboxylic acids is 1. The van der Waals surface area contributed by atoms with Gasteiger partial charge in [-0.2, -0.15) is 5.10 Å². The minimum Gasteiger partial charge on any atom is -0.384 e. The number of nitrogens with zero attached hydrogens (tertiary/aromatic N) is 1. The van der Waals surface area contributed by atoms with Gasteiger partial charge in [0.2, 0.25) is 0 Å². The number of ether oxygens (including phenoxy) is 1. The number of aromatic nitrogens is 2. The van der Waals surface area contributed by atoms with E-state index < -0.39 is 0 Å². The van der Waals surface area contributed by atoms with Crippen molar-refractivity contribution < 1.29 is 9.53 Å². The number of carbonyl (C=O) groups is 1. The smallest absolute Gasteiger partial charge is 0.255 e. The van der Waals surface area contributed by atoms with Crippen LogP contribution in [-0.2, 0) is 4.74 Å². The molecule has 25 heavy (non-hydrogen) atoms. The molecule has 1 aromatic heterocycles. The van der Waals surface area contributed by atoms with Crippen molar-refractivity contribution in [1.82, 2.24) is 20.8 Å². The third-order valence-electron chi connectivity index (χ3n) is 4.74. The van der Waals surface area contributed by atoms with Gasteiger partial charge < -0.3 is 15.4 Å². The molecule has 0 saturated carbocycles. The summed E-state index contributed by atoms with van der Waals surface area (Å²) < 4.78 is 5.40. The van der Waals surface area contributed by atoms with Gasteiger partial charge >= 0.3 is 0 Å². The van der Waals surface area contributed by atoms with Crippen LogP contribution in [0.5, 0.6) is 0 Å². The van der Waals surface area contributed by atoms with E-state index >= 15 is 0 Å². The van der Waals surface area contributed by atoms with Crippen molar-refractivity contribution in [3.8, 4) is 11.3 Å². The lowest BCUT2D eigenvalue weighted by molar-refractivity contribution is 0.0512. The molecule has 0 atom stereocenters. The van der Waals surface area contributed by atoms with E-state index in [9.17, 15) is 4.79 Å². The summed E-state index contributed by atoms with van der Waals surface area (Å²) >= 11 is 6.05. The molecule has 2 aromatic rings. The molecule has 1 amide bonds. The van der Waals surface area contributed by atoms with Crippen LogP contribution in [0, 0.1) is 5.41 Å². The van der Waals surface area contributed by atoms with Crippen LogP contribution in [-0.4, -0.2) is 49.5 Å². The van der Waals surface area contributed by atoms with Crippen molar-refractivity contribution >= 4 is 17.5 Å². The third kappa shape index (κ3) is 4.21. The van der Waals surface area contributed by atoms with Crippen LogP contribution >= 0.6 is 11.6 Å². The Morgan fingerprint density at radius 3 is 2.92 bits per heavy atom. The van der Waals surface area contributed by atoms with Gasteiger partial charge in [-0.1, -0.05) is 23.7 Å². The Bertz CT molecular complexity index is 720. The quantitative estimate of drug-likeness (QED) is 0.737. The van der Waals surface area contributed by atoms with Crippen molar-refractivity contribution in [2.45, 2.75) is 12.8 Å². The van der Waals surface area contributed by atoms with Crippen LogP contribution in [0.25, 0.3) is 11.3 Å². The number of hydrogen-bond acceptors (Lipinski definition) is 4. The molecule has 0 aliphatic carbocycles. The van der Waals surface area contributed by atoms with E-state index in [-0.39, 0.29) is 11.3 Å². The van der Waals surface area contributed by atoms with E-state index in [4.69, 9.17) is 16.3 Å². The number of rotatable bonds is 6. The first-order chi connectivity index (χ1) is 12.1. The summed E-state index contributed by atoms with van der Waals surface area (Å²) in [5.41, 5.74) is 2.01. The number of benzene rings is 1. The zero-order chi connectivity index (χ0) is 17.7. The normalized spacial score (nSPS) is 16.6. The number of amides is 1. The van der Waals surface area contributed by atoms with Crippen LogP contribution < -0.4 is 10.6 Å². The maximum absolute atomic E-state index is 12.7. The predicted molar refractivity (Wildman–Crippen MR) is 97.8 cm³/mol. The van der Waals surface area contributed by atoms with E-state index in [2.05, 4.69) is 20.8 Å². The molecule has 1 aliphatic heterocycles. The Morgan fingerprint density at radius 1 is 1.40 bits per heavy atom. The highest BCUT2D eigenvalue weighted by atomic mass is 35.5. The fourth-order valence-corrected chi connectivity index (χ4v) is 3.51. The number of H-pyrrole nitrogens is 1. The Kier molecular flexibility index (Phi) is 5.73.